The molecule has 0 aliphatic rings. The van der Waals surface area contributed by atoms with Crippen LogP contribution in [0.25, 0.3) is 5.65 Å². The van der Waals surface area contributed by atoms with Crippen LogP contribution in [0.3, 0.4) is 0 Å². The third-order valence-electron chi connectivity index (χ3n) is 2.33. The molecule has 0 bridgehead atoms. The summed E-state index contributed by atoms with van der Waals surface area (Å²) in [5.41, 5.74) is 1.16. The Balaban J connectivity index is 2.17. The molecule has 84 valence electrons. The molecule has 0 fully saturated rings. The molecule has 0 radical (unpaired) electrons. The van der Waals surface area contributed by atoms with E-state index in [0.29, 0.717) is 17.9 Å². The molecule has 16 heavy (non-hydrogen) atoms. The number of aromatic nitrogens is 3. The molecule has 2 aromatic rings. The summed E-state index contributed by atoms with van der Waals surface area (Å²) in [6.07, 6.45) is 5.22. The Morgan fingerprint density at radius 1 is 1.56 bits per heavy atom. The van der Waals surface area contributed by atoms with Crippen molar-refractivity contribution in [2.24, 2.45) is 0 Å². The molecule has 2 aromatic heterocycles. The van der Waals surface area contributed by atoms with Gasteiger partial charge in [-0.25, -0.2) is 9.50 Å². The number of rotatable bonds is 4. The predicted octanol–water partition coefficient (Wildman–Crippen LogP) is 1.26. The number of imidazole rings is 1. The van der Waals surface area contributed by atoms with Gasteiger partial charge in [-0.15, -0.1) is 0 Å². The first-order chi connectivity index (χ1) is 7.83. The average Bonchev–Trinajstić information content (AvgIpc) is 2.73. The van der Waals surface area contributed by atoms with E-state index in [1.165, 1.54) is 0 Å². The maximum Gasteiger partial charge on any atom is 0.271 e. The van der Waals surface area contributed by atoms with Crippen molar-refractivity contribution in [2.45, 2.75) is 19.8 Å². The van der Waals surface area contributed by atoms with Crippen LogP contribution in [0.1, 0.15) is 30.3 Å². The van der Waals surface area contributed by atoms with Gasteiger partial charge < -0.3 is 5.32 Å². The second-order valence-electron chi connectivity index (χ2n) is 3.55. The summed E-state index contributed by atoms with van der Waals surface area (Å²) in [5, 5.41) is 6.92. The van der Waals surface area contributed by atoms with Crippen LogP contribution in [0, 0.1) is 0 Å². The number of carbonyl (C=O) groups is 1. The van der Waals surface area contributed by atoms with Crippen molar-refractivity contribution < 1.29 is 4.79 Å². The monoisotopic (exact) mass is 218 g/mol. The molecule has 0 unspecified atom stereocenters. The summed E-state index contributed by atoms with van der Waals surface area (Å²) < 4.78 is 1.54. The van der Waals surface area contributed by atoms with E-state index in [9.17, 15) is 4.79 Å². The third kappa shape index (κ3) is 2.03. The zero-order chi connectivity index (χ0) is 11.4. The highest BCUT2D eigenvalue weighted by Gasteiger charge is 2.11. The van der Waals surface area contributed by atoms with Crippen molar-refractivity contribution >= 4 is 11.6 Å². The van der Waals surface area contributed by atoms with E-state index in [4.69, 9.17) is 0 Å². The fraction of sp³-hybridized carbons (Fsp3) is 0.364. The van der Waals surface area contributed by atoms with Crippen LogP contribution < -0.4 is 5.32 Å². The van der Waals surface area contributed by atoms with Crippen molar-refractivity contribution in [3.05, 3.63) is 30.2 Å². The molecule has 0 saturated carbocycles. The van der Waals surface area contributed by atoms with E-state index >= 15 is 0 Å². The summed E-state index contributed by atoms with van der Waals surface area (Å²) in [6, 6.07) is 3.61. The van der Waals surface area contributed by atoms with Gasteiger partial charge in [0, 0.05) is 12.7 Å². The number of fused-ring (bicyclic) bond motifs is 1. The van der Waals surface area contributed by atoms with Gasteiger partial charge in [-0.05, 0) is 18.6 Å². The van der Waals surface area contributed by atoms with Crippen molar-refractivity contribution in [2.75, 3.05) is 6.54 Å². The van der Waals surface area contributed by atoms with Gasteiger partial charge in [0.05, 0.1) is 6.20 Å². The Labute approximate surface area is 93.5 Å². The largest absolute Gasteiger partial charge is 0.351 e. The van der Waals surface area contributed by atoms with Gasteiger partial charge in [0.1, 0.15) is 5.69 Å². The summed E-state index contributed by atoms with van der Waals surface area (Å²) in [4.78, 5) is 15.9. The first-order valence-corrected chi connectivity index (χ1v) is 5.40. The Morgan fingerprint density at radius 2 is 2.44 bits per heavy atom. The van der Waals surface area contributed by atoms with E-state index < -0.39 is 0 Å². The number of hydrogen-bond acceptors (Lipinski definition) is 3. The minimum atomic E-state index is -0.125. The topological polar surface area (TPSA) is 59.3 Å². The van der Waals surface area contributed by atoms with Crippen molar-refractivity contribution in [1.29, 1.82) is 0 Å². The van der Waals surface area contributed by atoms with Gasteiger partial charge in [0.2, 0.25) is 0 Å². The molecule has 5 heteroatoms. The van der Waals surface area contributed by atoms with E-state index in [1.54, 1.807) is 23.0 Å². The molecule has 0 atom stereocenters. The highest BCUT2D eigenvalue weighted by Crippen LogP contribution is 2.03. The lowest BCUT2D eigenvalue weighted by molar-refractivity contribution is 0.0946. The molecule has 5 nitrogen and oxygen atoms in total. The van der Waals surface area contributed by atoms with Gasteiger partial charge in [-0.2, -0.15) is 5.10 Å². The van der Waals surface area contributed by atoms with E-state index in [0.717, 1.165) is 12.8 Å². The van der Waals surface area contributed by atoms with Gasteiger partial charge >= 0.3 is 0 Å². The normalized spacial score (nSPS) is 10.6. The number of carbonyl (C=O) groups excluding carboxylic acids is 1. The molecule has 2 rings (SSSR count). The Hall–Kier alpha value is -1.91. The standard InChI is InChI=1S/C11H14N4O/c1-2-3-6-12-11(16)9-8-13-10-5-4-7-14-15(9)10/h4-5,7-8H,2-3,6H2,1H3,(H,12,16). The second-order valence-corrected chi connectivity index (χ2v) is 3.55. The fourth-order valence-electron chi connectivity index (χ4n) is 1.45. The third-order valence-corrected chi connectivity index (χ3v) is 2.33. The van der Waals surface area contributed by atoms with Crippen molar-refractivity contribution in [1.82, 2.24) is 19.9 Å². The molecule has 1 N–H and O–H groups in total. The second kappa shape index (κ2) is 4.74. The van der Waals surface area contributed by atoms with Crippen LogP contribution in [0.5, 0.6) is 0 Å². The van der Waals surface area contributed by atoms with Gasteiger partial charge in [0.25, 0.3) is 5.91 Å². The molecule has 0 saturated heterocycles. The number of nitrogens with one attached hydrogen (secondary N) is 1. The molecule has 0 aliphatic heterocycles. The van der Waals surface area contributed by atoms with E-state index in [-0.39, 0.29) is 5.91 Å². The molecule has 1 amide bonds. The first-order valence-electron chi connectivity index (χ1n) is 5.40. The highest BCUT2D eigenvalue weighted by molar-refractivity contribution is 5.93. The lowest BCUT2D eigenvalue weighted by atomic mass is 10.3. The predicted molar refractivity (Wildman–Crippen MR) is 60.2 cm³/mol. The maximum atomic E-state index is 11.8. The zero-order valence-corrected chi connectivity index (χ0v) is 9.18. The molecule has 0 aromatic carbocycles. The van der Waals surface area contributed by atoms with Crippen molar-refractivity contribution in [3.63, 3.8) is 0 Å². The summed E-state index contributed by atoms with van der Waals surface area (Å²) in [5.74, 6) is -0.125. The van der Waals surface area contributed by atoms with Crippen LogP contribution in [-0.2, 0) is 0 Å². The maximum absolute atomic E-state index is 11.8. The summed E-state index contributed by atoms with van der Waals surface area (Å²) in [6.45, 7) is 2.78. The molecular formula is C11H14N4O. The SMILES string of the molecule is CCCCNC(=O)c1cnc2cccnn12. The Morgan fingerprint density at radius 3 is 3.25 bits per heavy atom. The smallest absolute Gasteiger partial charge is 0.271 e. The fourth-order valence-corrected chi connectivity index (χ4v) is 1.45. The van der Waals surface area contributed by atoms with Crippen LogP contribution in [-0.4, -0.2) is 27.0 Å². The van der Waals surface area contributed by atoms with Gasteiger partial charge in [-0.3, -0.25) is 4.79 Å². The lowest BCUT2D eigenvalue weighted by Crippen LogP contribution is -2.25. The molecule has 0 aliphatic carbocycles. The summed E-state index contributed by atoms with van der Waals surface area (Å²) in [7, 11) is 0. The average molecular weight is 218 g/mol. The van der Waals surface area contributed by atoms with Crippen LogP contribution >= 0.6 is 0 Å². The Bertz CT molecular complexity index is 491. The highest BCUT2D eigenvalue weighted by atomic mass is 16.2. The Kier molecular flexibility index (Phi) is 3.14. The lowest BCUT2D eigenvalue weighted by Gasteiger charge is -2.02. The van der Waals surface area contributed by atoms with E-state index in [1.807, 2.05) is 6.07 Å². The van der Waals surface area contributed by atoms with Crippen LogP contribution in [0.4, 0.5) is 0 Å². The number of amides is 1. The van der Waals surface area contributed by atoms with Gasteiger partial charge in [0.15, 0.2) is 5.65 Å². The molecule has 2 heterocycles. The first kappa shape index (κ1) is 10.6. The van der Waals surface area contributed by atoms with Crippen LogP contribution in [0.2, 0.25) is 0 Å². The number of unbranched alkanes of at least 4 members (excludes halogenated alkanes) is 1. The minimum Gasteiger partial charge on any atom is -0.351 e. The van der Waals surface area contributed by atoms with Crippen LogP contribution in [0.15, 0.2) is 24.5 Å². The number of nitrogens with zero attached hydrogens (tertiary/aromatic N) is 3. The van der Waals surface area contributed by atoms with Gasteiger partial charge in [-0.1, -0.05) is 13.3 Å². The summed E-state index contributed by atoms with van der Waals surface area (Å²) >= 11 is 0. The van der Waals surface area contributed by atoms with E-state index in [2.05, 4.69) is 22.3 Å². The quantitative estimate of drug-likeness (QED) is 0.786. The zero-order valence-electron chi connectivity index (χ0n) is 9.18. The minimum absolute atomic E-state index is 0.125. The molecular weight excluding hydrogens is 204 g/mol. The number of hydrogen-bond donors (Lipinski definition) is 1. The molecule has 0 spiro atoms. The van der Waals surface area contributed by atoms with Crippen molar-refractivity contribution in [3.8, 4) is 0 Å².